The van der Waals surface area contributed by atoms with Gasteiger partial charge in [0.15, 0.2) is 11.4 Å². The molecule has 1 aliphatic heterocycles. The van der Waals surface area contributed by atoms with Crippen LogP contribution in [0.1, 0.15) is 42.0 Å². The van der Waals surface area contributed by atoms with Crippen molar-refractivity contribution >= 4 is 88.0 Å². The maximum absolute atomic E-state index is 6.95. The van der Waals surface area contributed by atoms with Gasteiger partial charge in [0.2, 0.25) is 0 Å². The maximum atomic E-state index is 6.95. The summed E-state index contributed by atoms with van der Waals surface area (Å²) in [6.45, 7) is 0. The summed E-state index contributed by atoms with van der Waals surface area (Å²) in [6.07, 6.45) is 2.66. The third kappa shape index (κ3) is 5.09. The van der Waals surface area contributed by atoms with Crippen LogP contribution in [0.15, 0.2) is 189 Å². The molecule has 0 fully saturated rings. The van der Waals surface area contributed by atoms with E-state index < -0.39 is 0 Å². The molecule has 1 atom stereocenters. The highest BCUT2D eigenvalue weighted by Crippen LogP contribution is 2.42. The van der Waals surface area contributed by atoms with Crippen molar-refractivity contribution in [1.82, 2.24) is 4.57 Å². The molecule has 11 aromatic rings. The summed E-state index contributed by atoms with van der Waals surface area (Å²) in [4.78, 5) is 11.3. The van der Waals surface area contributed by atoms with Gasteiger partial charge in [0, 0.05) is 37.9 Å². The van der Waals surface area contributed by atoms with Gasteiger partial charge in [-0.05, 0) is 95.8 Å². The number of hydrogen-bond acceptors (Lipinski definition) is 4. The van der Waals surface area contributed by atoms with Crippen molar-refractivity contribution in [1.29, 1.82) is 0 Å². The van der Waals surface area contributed by atoms with Crippen molar-refractivity contribution in [3.8, 4) is 5.69 Å². The second-order valence-electron chi connectivity index (χ2n) is 15.1. The molecular weight excluding hydrogens is 699 g/mol. The number of hydrogen-bond donors (Lipinski definition) is 0. The molecule has 0 spiro atoms. The zero-order chi connectivity index (χ0) is 37.5. The average Bonchev–Trinajstić information content (AvgIpc) is 3.92. The minimum atomic E-state index is -0.125. The van der Waals surface area contributed by atoms with Crippen LogP contribution in [0.5, 0.6) is 0 Å². The largest absolute Gasteiger partial charge is 0.456 e. The predicted molar refractivity (Wildman–Crippen MR) is 235 cm³/mol. The predicted octanol–water partition coefficient (Wildman–Crippen LogP) is 13.9. The molecule has 57 heavy (non-hydrogen) atoms. The van der Waals surface area contributed by atoms with E-state index in [0.29, 0.717) is 5.84 Å². The number of para-hydroxylation sites is 3. The lowest BCUT2D eigenvalue weighted by molar-refractivity contribution is 0.621. The third-order valence-electron chi connectivity index (χ3n) is 11.8. The normalized spacial score (nSPS) is 17.0. The fraction of sp³-hybridized carbons (Fsp3) is 0.0769. The van der Waals surface area contributed by atoms with Gasteiger partial charge in [-0.1, -0.05) is 115 Å². The van der Waals surface area contributed by atoms with Crippen LogP contribution in [0.2, 0.25) is 0 Å². The van der Waals surface area contributed by atoms with Crippen molar-refractivity contribution in [3.63, 3.8) is 0 Å². The molecule has 0 N–H and O–H groups in total. The highest BCUT2D eigenvalue weighted by molar-refractivity contribution is 6.20. The Labute approximate surface area is 327 Å². The van der Waals surface area contributed by atoms with E-state index in [2.05, 4.69) is 156 Å². The molecule has 1 unspecified atom stereocenters. The van der Waals surface area contributed by atoms with Crippen LogP contribution in [0.4, 0.5) is 0 Å². The minimum absolute atomic E-state index is 0.125. The van der Waals surface area contributed by atoms with E-state index in [1.165, 1.54) is 21.5 Å². The number of benzene rings is 8. The van der Waals surface area contributed by atoms with Crippen LogP contribution >= 0.6 is 0 Å². The Balaban J connectivity index is 1.18. The van der Waals surface area contributed by atoms with Crippen LogP contribution in [-0.2, 0) is 0 Å². The van der Waals surface area contributed by atoms with Gasteiger partial charge in [0.1, 0.15) is 22.4 Å². The summed E-state index contributed by atoms with van der Waals surface area (Å²) >= 11 is 0. The summed E-state index contributed by atoms with van der Waals surface area (Å²) < 4.78 is 15.6. The highest BCUT2D eigenvalue weighted by Gasteiger charge is 2.26. The third-order valence-corrected chi connectivity index (χ3v) is 11.8. The second kappa shape index (κ2) is 12.7. The smallest absolute Gasteiger partial charge is 0.160 e. The summed E-state index contributed by atoms with van der Waals surface area (Å²) in [7, 11) is 0. The highest BCUT2D eigenvalue weighted by atomic mass is 16.3. The van der Waals surface area contributed by atoms with Gasteiger partial charge in [0.05, 0.1) is 22.8 Å². The van der Waals surface area contributed by atoms with E-state index in [1.54, 1.807) is 0 Å². The van der Waals surface area contributed by atoms with Crippen LogP contribution in [-0.4, -0.2) is 16.1 Å². The number of aliphatic imine (C=N–C) groups is 2. The molecule has 270 valence electrons. The lowest BCUT2D eigenvalue weighted by Gasteiger charge is -2.21. The summed E-state index contributed by atoms with van der Waals surface area (Å²) in [6, 6.07) is 60.0. The van der Waals surface area contributed by atoms with Crippen molar-refractivity contribution < 1.29 is 8.83 Å². The van der Waals surface area contributed by atoms with Crippen molar-refractivity contribution in [2.45, 2.75) is 25.3 Å². The van der Waals surface area contributed by atoms with Gasteiger partial charge in [-0.15, -0.1) is 0 Å². The Hall–Kier alpha value is -7.24. The lowest BCUT2D eigenvalue weighted by atomic mass is 9.95. The Morgan fingerprint density at radius 2 is 1.19 bits per heavy atom. The Morgan fingerprint density at radius 3 is 2.04 bits per heavy atom. The van der Waals surface area contributed by atoms with Gasteiger partial charge in [-0.25, -0.2) is 4.99 Å². The maximum Gasteiger partial charge on any atom is 0.160 e. The van der Waals surface area contributed by atoms with E-state index in [9.17, 15) is 0 Å². The summed E-state index contributed by atoms with van der Waals surface area (Å²) in [5, 5.41) is 9.13. The summed E-state index contributed by atoms with van der Waals surface area (Å²) in [5.41, 5.74) is 10.8. The monoisotopic (exact) mass is 733 g/mol. The minimum Gasteiger partial charge on any atom is -0.456 e. The van der Waals surface area contributed by atoms with Gasteiger partial charge < -0.3 is 13.4 Å². The first-order valence-electron chi connectivity index (χ1n) is 19.7. The number of furan rings is 2. The molecule has 3 aromatic heterocycles. The molecule has 0 amide bonds. The lowest BCUT2D eigenvalue weighted by Crippen LogP contribution is -2.14. The zero-order valence-electron chi connectivity index (χ0n) is 31.0. The fourth-order valence-electron chi connectivity index (χ4n) is 9.12. The van der Waals surface area contributed by atoms with E-state index in [0.717, 1.165) is 102 Å². The fourth-order valence-corrected chi connectivity index (χ4v) is 9.12. The molecule has 0 saturated heterocycles. The number of amidine groups is 1. The molecule has 0 saturated carbocycles. The van der Waals surface area contributed by atoms with E-state index in [1.807, 2.05) is 18.2 Å². The Kier molecular flexibility index (Phi) is 7.11. The molecule has 0 bridgehead atoms. The first-order chi connectivity index (χ1) is 28.2. The molecule has 5 heteroatoms. The first-order valence-corrected chi connectivity index (χ1v) is 19.7. The van der Waals surface area contributed by atoms with Gasteiger partial charge in [-0.3, -0.25) is 4.99 Å². The van der Waals surface area contributed by atoms with E-state index in [4.69, 9.17) is 18.8 Å². The van der Waals surface area contributed by atoms with Crippen molar-refractivity contribution in [2.24, 2.45) is 9.98 Å². The molecule has 0 aliphatic carbocycles. The quantitative estimate of drug-likeness (QED) is 0.181. The van der Waals surface area contributed by atoms with Crippen LogP contribution in [0.3, 0.4) is 0 Å². The van der Waals surface area contributed by atoms with Crippen LogP contribution < -0.4 is 0 Å². The van der Waals surface area contributed by atoms with E-state index >= 15 is 0 Å². The van der Waals surface area contributed by atoms with E-state index in [-0.39, 0.29) is 6.04 Å². The molecule has 4 heterocycles. The Bertz CT molecular complexity index is 3450. The van der Waals surface area contributed by atoms with Crippen molar-refractivity contribution in [3.05, 3.63) is 187 Å². The topological polar surface area (TPSA) is 55.9 Å². The Morgan fingerprint density at radius 1 is 0.509 bits per heavy atom. The summed E-state index contributed by atoms with van der Waals surface area (Å²) in [5.74, 6) is 0.694. The standard InChI is InChI=1S/C52H35N3O2/c1-2-13-32(14-3-1)43-20-12-21-44(35-25-28-49-42(30-35)38-19-8-10-23-47(38)56-49)54-52(53-43)40-27-26-39-37-18-7-11-24-48(37)57-51(39)50(40)55-45-22-9-6-17-36(45)41-29-33-15-4-5-16-34(33)31-46(41)55/h1-11,13-19,22-31,44H,12,20-21H2/b53-43+,54-52-. The molecule has 8 aromatic carbocycles. The average molecular weight is 734 g/mol. The van der Waals surface area contributed by atoms with Crippen LogP contribution in [0, 0.1) is 0 Å². The number of fused-ring (bicyclic) bond motifs is 10. The number of rotatable bonds is 4. The number of nitrogens with zero attached hydrogens (tertiary/aromatic N) is 3. The molecule has 0 radical (unpaired) electrons. The molecule has 12 rings (SSSR count). The zero-order valence-corrected chi connectivity index (χ0v) is 31.0. The second-order valence-corrected chi connectivity index (χ2v) is 15.1. The van der Waals surface area contributed by atoms with Gasteiger partial charge in [0.25, 0.3) is 0 Å². The van der Waals surface area contributed by atoms with Crippen LogP contribution in [0.25, 0.3) is 82.1 Å². The molecule has 5 nitrogen and oxygen atoms in total. The van der Waals surface area contributed by atoms with Gasteiger partial charge in [-0.2, -0.15) is 0 Å². The number of aromatic nitrogens is 1. The first kappa shape index (κ1) is 32.0. The molecule has 1 aliphatic rings. The SMILES string of the molecule is c1ccc(/C2=N/C(c3ccc4c(oc5ccccc54)c3-n3c4ccccc4c4cc5ccccc5cc43)=N\C(c3ccc4oc5ccccc5c4c3)CCC2)cc1. The molecular formula is C52H35N3O2. The van der Waals surface area contributed by atoms with Gasteiger partial charge >= 0.3 is 0 Å². The van der Waals surface area contributed by atoms with Crippen molar-refractivity contribution in [2.75, 3.05) is 0 Å².